The smallest absolute Gasteiger partial charge is 0.0434 e. The first kappa shape index (κ1) is 39.3. The topological polar surface area (TPSA) is 0 Å². The van der Waals surface area contributed by atoms with E-state index in [2.05, 4.69) is 244 Å². The van der Waals surface area contributed by atoms with Crippen LogP contribution in [0.3, 0.4) is 0 Å². The van der Waals surface area contributed by atoms with E-state index in [0.29, 0.717) is 0 Å². The molecule has 0 amide bonds. The summed E-state index contributed by atoms with van der Waals surface area (Å²) in [5.74, 6) is 0. The monoisotopic (exact) mass is 868 g/mol. The van der Waals surface area contributed by atoms with Gasteiger partial charge in [-0.2, -0.15) is 0 Å². The third kappa shape index (κ3) is 6.42. The lowest BCUT2D eigenvalue weighted by Crippen LogP contribution is -1.99. The van der Waals surface area contributed by atoms with Crippen molar-refractivity contribution in [2.45, 2.75) is 13.8 Å². The Morgan fingerprint density at radius 1 is 0.254 bits per heavy atom. The van der Waals surface area contributed by atoms with Gasteiger partial charge in [-0.3, -0.25) is 0 Å². The van der Waals surface area contributed by atoms with E-state index in [4.69, 9.17) is 0 Å². The Bertz CT molecular complexity index is 3750. The Labute approximate surface area is 395 Å². The van der Waals surface area contributed by atoms with Crippen molar-refractivity contribution in [1.82, 2.24) is 0 Å². The molecule has 1 heteroatoms. The van der Waals surface area contributed by atoms with Gasteiger partial charge >= 0.3 is 0 Å². The summed E-state index contributed by atoms with van der Waals surface area (Å²) in [6.07, 6.45) is 0. The molecule has 0 nitrogen and oxygen atoms in total. The fourth-order valence-corrected chi connectivity index (χ4v) is 12.0. The number of aryl methyl sites for hydroxylation is 2. The van der Waals surface area contributed by atoms with Crippen molar-refractivity contribution in [2.75, 3.05) is 0 Å². The van der Waals surface area contributed by atoms with Gasteiger partial charge in [0.2, 0.25) is 0 Å². The van der Waals surface area contributed by atoms with Gasteiger partial charge in [0.1, 0.15) is 0 Å². The molecule has 314 valence electrons. The zero-order chi connectivity index (χ0) is 44.6. The normalized spacial score (nSPS) is 11.7. The average Bonchev–Trinajstić information content (AvgIpc) is 3.93. The molecule has 0 saturated carbocycles. The molecular weight excluding hydrogens is 825 g/mol. The summed E-state index contributed by atoms with van der Waals surface area (Å²) in [4.78, 5) is 0. The predicted molar refractivity (Wildman–Crippen MR) is 289 cm³/mol. The lowest BCUT2D eigenvalue weighted by Gasteiger charge is -2.26. The van der Waals surface area contributed by atoms with Crippen LogP contribution in [0.2, 0.25) is 0 Å². The summed E-state index contributed by atoms with van der Waals surface area (Å²) in [6, 6.07) is 86.1. The number of benzene rings is 11. The Morgan fingerprint density at radius 2 is 0.687 bits per heavy atom. The maximum absolute atomic E-state index is 2.46. The molecule has 0 fully saturated rings. The van der Waals surface area contributed by atoms with Crippen LogP contribution in [0.5, 0.6) is 0 Å². The van der Waals surface area contributed by atoms with Crippen LogP contribution in [-0.2, 0) is 0 Å². The van der Waals surface area contributed by atoms with Crippen LogP contribution in [0.1, 0.15) is 11.1 Å². The first-order chi connectivity index (χ1) is 33.1. The lowest BCUT2D eigenvalue weighted by molar-refractivity contribution is 1.47. The van der Waals surface area contributed by atoms with E-state index in [1.165, 1.54) is 142 Å². The van der Waals surface area contributed by atoms with Crippen LogP contribution in [0.25, 0.3) is 131 Å². The first-order valence-corrected chi connectivity index (χ1v) is 24.1. The van der Waals surface area contributed by atoms with Crippen LogP contribution in [0.4, 0.5) is 0 Å². The van der Waals surface area contributed by atoms with Crippen molar-refractivity contribution in [3.8, 4) is 100 Å². The van der Waals surface area contributed by atoms with Gasteiger partial charge in [-0.25, -0.2) is 0 Å². The number of fused-ring (bicyclic) bond motifs is 6. The fourth-order valence-electron chi connectivity index (χ4n) is 10.8. The highest BCUT2D eigenvalue weighted by Crippen LogP contribution is 2.61. The molecule has 11 aromatic carbocycles. The van der Waals surface area contributed by atoms with Gasteiger partial charge in [0.15, 0.2) is 0 Å². The van der Waals surface area contributed by atoms with Gasteiger partial charge in [-0.15, -0.1) is 11.3 Å². The summed E-state index contributed by atoms with van der Waals surface area (Å²) in [7, 11) is 0. The van der Waals surface area contributed by atoms with Crippen LogP contribution in [0.15, 0.2) is 231 Å². The zero-order valence-corrected chi connectivity index (χ0v) is 38.2. The Morgan fingerprint density at radius 3 is 1.21 bits per heavy atom. The van der Waals surface area contributed by atoms with Crippen molar-refractivity contribution in [3.63, 3.8) is 0 Å². The van der Waals surface area contributed by atoms with Crippen LogP contribution < -0.4 is 0 Å². The second-order valence-corrected chi connectivity index (χ2v) is 19.1. The molecule has 0 unspecified atom stereocenters. The maximum atomic E-state index is 2.46. The number of thiophene rings is 1. The highest BCUT2D eigenvalue weighted by Gasteiger charge is 2.34. The van der Waals surface area contributed by atoms with Crippen LogP contribution >= 0.6 is 11.3 Å². The van der Waals surface area contributed by atoms with Crippen molar-refractivity contribution < 1.29 is 0 Å². The molecule has 67 heavy (non-hydrogen) atoms. The highest BCUT2D eigenvalue weighted by molar-refractivity contribution is 7.26. The molecule has 12 aromatic rings. The summed E-state index contributed by atoms with van der Waals surface area (Å²) in [5.41, 5.74) is 25.0. The Balaban J connectivity index is 1.14. The number of hydrogen-bond acceptors (Lipinski definition) is 1. The van der Waals surface area contributed by atoms with E-state index in [1.807, 2.05) is 11.3 Å². The molecule has 1 aromatic heterocycles. The molecule has 0 bridgehead atoms. The van der Waals surface area contributed by atoms with E-state index in [0.717, 1.165) is 0 Å². The summed E-state index contributed by atoms with van der Waals surface area (Å²) in [6.45, 7) is 4.32. The molecular formula is C66H44S. The molecule has 1 aliphatic carbocycles. The molecule has 0 spiro atoms. The molecule has 13 rings (SSSR count). The van der Waals surface area contributed by atoms with Gasteiger partial charge in [0.05, 0.1) is 0 Å². The second-order valence-electron chi connectivity index (χ2n) is 18.0. The van der Waals surface area contributed by atoms with Crippen LogP contribution in [0, 0.1) is 13.8 Å². The maximum Gasteiger partial charge on any atom is 0.0434 e. The Hall–Kier alpha value is -8.10. The molecule has 0 aliphatic heterocycles. The summed E-state index contributed by atoms with van der Waals surface area (Å²) < 4.78 is 2.62. The molecule has 0 atom stereocenters. The van der Waals surface area contributed by atoms with Crippen molar-refractivity contribution in [2.24, 2.45) is 0 Å². The van der Waals surface area contributed by atoms with Gasteiger partial charge in [0, 0.05) is 25.7 Å². The van der Waals surface area contributed by atoms with Gasteiger partial charge in [-0.05, 0) is 143 Å². The molecule has 0 N–H and O–H groups in total. The van der Waals surface area contributed by atoms with Gasteiger partial charge < -0.3 is 0 Å². The second kappa shape index (κ2) is 15.8. The van der Waals surface area contributed by atoms with E-state index in [9.17, 15) is 0 Å². The quantitative estimate of drug-likeness (QED) is 0.150. The minimum absolute atomic E-state index is 1.20. The predicted octanol–water partition coefficient (Wildman–Crippen LogP) is 19.1. The molecule has 1 aliphatic rings. The largest absolute Gasteiger partial charge is 0.135 e. The van der Waals surface area contributed by atoms with E-state index >= 15 is 0 Å². The average molecular weight is 869 g/mol. The van der Waals surface area contributed by atoms with E-state index in [-0.39, 0.29) is 0 Å². The number of rotatable bonds is 7. The van der Waals surface area contributed by atoms with Gasteiger partial charge in [-0.1, -0.05) is 217 Å². The minimum Gasteiger partial charge on any atom is -0.135 e. The van der Waals surface area contributed by atoms with Crippen LogP contribution in [-0.4, -0.2) is 0 Å². The Kier molecular flexibility index (Phi) is 9.27. The van der Waals surface area contributed by atoms with Crippen molar-refractivity contribution in [1.29, 1.82) is 0 Å². The third-order valence-electron chi connectivity index (χ3n) is 14.0. The summed E-state index contributed by atoms with van der Waals surface area (Å²) in [5, 5.41) is 5.18. The SMILES string of the molecule is Cc1ccc(-c2ccc3sc4c(-c5ccc6c7c(cccc57)-c5c(-c7ccccc7)c(-c7ccccc7)c(-c7ccccc7)c(-c7ccccc7)c5-6)cc(-c5ccc(C)cc5)cc4c3c2)cc1. The standard InChI is InChI=1S/C66H44S/c1-41-26-30-43(31-27-41)49-34-37-58-55(38-49)57-40-50(44-32-28-42(2)29-33-44)39-56(66(57)67-58)51-35-36-54-63-52(51)24-15-25-53(63)64-61(47-20-11-5-12-21-47)59(45-16-7-3-8-17-45)60(46-18-9-4-10-19-46)62(65(54)64)48-22-13-6-14-23-48/h3-40H,1-2H3. The fraction of sp³-hybridized carbons (Fsp3) is 0.0303. The molecule has 0 radical (unpaired) electrons. The minimum atomic E-state index is 1.20. The molecule has 1 heterocycles. The van der Waals surface area contributed by atoms with Crippen molar-refractivity contribution >= 4 is 42.3 Å². The first-order valence-electron chi connectivity index (χ1n) is 23.2. The molecule has 0 saturated heterocycles. The zero-order valence-electron chi connectivity index (χ0n) is 37.3. The third-order valence-corrected chi connectivity index (χ3v) is 15.2. The van der Waals surface area contributed by atoms with Gasteiger partial charge in [0.25, 0.3) is 0 Å². The van der Waals surface area contributed by atoms with E-state index in [1.54, 1.807) is 0 Å². The lowest BCUT2D eigenvalue weighted by atomic mass is 9.76. The summed E-state index contributed by atoms with van der Waals surface area (Å²) >= 11 is 1.91. The highest BCUT2D eigenvalue weighted by atomic mass is 32.1. The van der Waals surface area contributed by atoms with Crippen molar-refractivity contribution in [3.05, 3.63) is 242 Å². The number of hydrogen-bond donors (Lipinski definition) is 0. The van der Waals surface area contributed by atoms with E-state index < -0.39 is 0 Å².